The molecule has 3 aromatic rings. The number of nitrogens with zero attached hydrogens (tertiary/aromatic N) is 2. The molecule has 4 nitrogen and oxygen atoms in total. The minimum absolute atomic E-state index is 0.0784. The molecular formula is C20H19ClN2O2S. The Morgan fingerprint density at radius 2 is 2.08 bits per heavy atom. The number of hydrogen-bond acceptors (Lipinski definition) is 4. The summed E-state index contributed by atoms with van der Waals surface area (Å²) in [5.41, 5.74) is 2.52. The maximum absolute atomic E-state index is 13.2. The average Bonchev–Trinajstić information content (AvgIpc) is 3.14. The van der Waals surface area contributed by atoms with E-state index in [0.717, 1.165) is 36.5 Å². The highest BCUT2D eigenvalue weighted by Crippen LogP contribution is 2.26. The maximum atomic E-state index is 13.2. The van der Waals surface area contributed by atoms with E-state index in [2.05, 4.69) is 0 Å². The van der Waals surface area contributed by atoms with Crippen LogP contribution in [0, 0.1) is 6.92 Å². The lowest BCUT2D eigenvalue weighted by atomic mass is 10.2. The smallest absolute Gasteiger partial charge is 0.266 e. The van der Waals surface area contributed by atoms with Gasteiger partial charge in [-0.05, 0) is 50.1 Å². The van der Waals surface area contributed by atoms with Gasteiger partial charge in [0.1, 0.15) is 0 Å². The Bertz CT molecular complexity index is 995. The van der Waals surface area contributed by atoms with Gasteiger partial charge in [0, 0.05) is 17.4 Å². The van der Waals surface area contributed by atoms with Crippen molar-refractivity contribution in [2.75, 3.05) is 12.4 Å². The summed E-state index contributed by atoms with van der Waals surface area (Å²) in [6.07, 6.45) is 2.37. The lowest BCUT2D eigenvalue weighted by Crippen LogP contribution is -2.22. The van der Waals surface area contributed by atoms with Crippen LogP contribution in [-0.4, -0.2) is 28.0 Å². The molecule has 26 heavy (non-hydrogen) atoms. The van der Waals surface area contributed by atoms with Crippen molar-refractivity contribution in [3.8, 4) is 5.69 Å². The van der Waals surface area contributed by atoms with Crippen molar-refractivity contribution in [1.82, 2.24) is 9.55 Å². The van der Waals surface area contributed by atoms with E-state index in [4.69, 9.17) is 21.3 Å². The number of hydrogen-bond donors (Lipinski definition) is 0. The van der Waals surface area contributed by atoms with Gasteiger partial charge >= 0.3 is 0 Å². The van der Waals surface area contributed by atoms with E-state index in [-0.39, 0.29) is 11.7 Å². The van der Waals surface area contributed by atoms with Crippen molar-refractivity contribution < 1.29 is 4.74 Å². The van der Waals surface area contributed by atoms with Crippen molar-refractivity contribution in [3.63, 3.8) is 0 Å². The SMILES string of the molecule is Cc1ccc(-n2c(SCC3CCCO3)nc3cc(Cl)ccc3c2=O)cc1. The summed E-state index contributed by atoms with van der Waals surface area (Å²) >= 11 is 7.66. The second kappa shape index (κ2) is 7.43. The zero-order valence-corrected chi connectivity index (χ0v) is 16.0. The zero-order chi connectivity index (χ0) is 18.1. The highest BCUT2D eigenvalue weighted by Gasteiger charge is 2.19. The van der Waals surface area contributed by atoms with Crippen LogP contribution < -0.4 is 5.56 Å². The lowest BCUT2D eigenvalue weighted by molar-refractivity contribution is 0.129. The first-order chi connectivity index (χ1) is 12.6. The number of aryl methyl sites for hydroxylation is 1. The quantitative estimate of drug-likeness (QED) is 0.484. The fourth-order valence-electron chi connectivity index (χ4n) is 3.10. The van der Waals surface area contributed by atoms with E-state index in [1.165, 1.54) is 0 Å². The molecule has 1 atom stereocenters. The highest BCUT2D eigenvalue weighted by molar-refractivity contribution is 7.99. The number of rotatable bonds is 4. The second-order valence-corrected chi connectivity index (χ2v) is 7.90. The number of ether oxygens (including phenoxy) is 1. The molecule has 1 unspecified atom stereocenters. The van der Waals surface area contributed by atoms with Gasteiger partial charge in [-0.1, -0.05) is 41.1 Å². The van der Waals surface area contributed by atoms with Crippen LogP contribution in [0.2, 0.25) is 5.02 Å². The minimum atomic E-state index is -0.0784. The third kappa shape index (κ3) is 3.52. The van der Waals surface area contributed by atoms with Crippen molar-refractivity contribution in [2.45, 2.75) is 31.0 Å². The van der Waals surface area contributed by atoms with E-state index in [1.54, 1.807) is 34.5 Å². The molecule has 1 aromatic heterocycles. The molecule has 134 valence electrons. The third-order valence-corrected chi connectivity index (χ3v) is 5.82. The van der Waals surface area contributed by atoms with Gasteiger partial charge < -0.3 is 4.74 Å². The third-order valence-electron chi connectivity index (χ3n) is 4.52. The first kappa shape index (κ1) is 17.6. The van der Waals surface area contributed by atoms with Gasteiger partial charge in [0.25, 0.3) is 5.56 Å². The van der Waals surface area contributed by atoms with Crippen LogP contribution in [0.3, 0.4) is 0 Å². The van der Waals surface area contributed by atoms with Crippen LogP contribution in [-0.2, 0) is 4.74 Å². The summed E-state index contributed by atoms with van der Waals surface area (Å²) in [5, 5.41) is 1.81. The largest absolute Gasteiger partial charge is 0.377 e. The number of halogens is 1. The fraction of sp³-hybridized carbons (Fsp3) is 0.300. The van der Waals surface area contributed by atoms with E-state index < -0.39 is 0 Å². The molecule has 0 aliphatic carbocycles. The topological polar surface area (TPSA) is 44.1 Å². The van der Waals surface area contributed by atoms with Gasteiger partial charge in [-0.15, -0.1) is 0 Å². The predicted octanol–water partition coefficient (Wildman–Crippen LogP) is 4.62. The van der Waals surface area contributed by atoms with Crippen molar-refractivity contribution >= 4 is 34.3 Å². The number of fused-ring (bicyclic) bond motifs is 1. The van der Waals surface area contributed by atoms with Crippen molar-refractivity contribution in [3.05, 3.63) is 63.4 Å². The van der Waals surface area contributed by atoms with Gasteiger partial charge in [0.2, 0.25) is 0 Å². The molecular weight excluding hydrogens is 368 g/mol. The number of thioether (sulfide) groups is 1. The van der Waals surface area contributed by atoms with E-state index >= 15 is 0 Å². The number of benzene rings is 2. The molecule has 0 saturated carbocycles. The summed E-state index contributed by atoms with van der Waals surface area (Å²) in [5.74, 6) is 0.782. The van der Waals surface area contributed by atoms with E-state index in [9.17, 15) is 4.79 Å². The molecule has 1 aliphatic rings. The molecule has 6 heteroatoms. The van der Waals surface area contributed by atoms with Crippen LogP contribution in [0.1, 0.15) is 18.4 Å². The van der Waals surface area contributed by atoms with Gasteiger partial charge in [0.05, 0.1) is 22.7 Å². The van der Waals surface area contributed by atoms with E-state index in [0.29, 0.717) is 21.1 Å². The van der Waals surface area contributed by atoms with Crippen LogP contribution in [0.15, 0.2) is 52.4 Å². The standard InChI is InChI=1S/C20H19ClN2O2S/c1-13-4-7-15(8-5-13)23-19(24)17-9-6-14(21)11-18(17)22-20(23)26-12-16-3-2-10-25-16/h4-9,11,16H,2-3,10,12H2,1H3. The second-order valence-electron chi connectivity index (χ2n) is 6.48. The molecule has 1 fully saturated rings. The molecule has 0 N–H and O–H groups in total. The molecule has 1 aliphatic heterocycles. The van der Waals surface area contributed by atoms with Crippen LogP contribution in [0.25, 0.3) is 16.6 Å². The summed E-state index contributed by atoms with van der Waals surface area (Å²) < 4.78 is 7.41. The molecule has 0 radical (unpaired) electrons. The Morgan fingerprint density at radius 1 is 1.27 bits per heavy atom. The van der Waals surface area contributed by atoms with Gasteiger partial charge in [-0.25, -0.2) is 4.98 Å². The Morgan fingerprint density at radius 3 is 2.81 bits per heavy atom. The molecule has 0 bridgehead atoms. The van der Waals surface area contributed by atoms with Crippen LogP contribution >= 0.6 is 23.4 Å². The Kier molecular flexibility index (Phi) is 5.02. The molecule has 1 saturated heterocycles. The number of aromatic nitrogens is 2. The monoisotopic (exact) mass is 386 g/mol. The normalized spacial score (nSPS) is 17.1. The zero-order valence-electron chi connectivity index (χ0n) is 14.4. The van der Waals surface area contributed by atoms with Crippen LogP contribution in [0.5, 0.6) is 0 Å². The minimum Gasteiger partial charge on any atom is -0.377 e. The van der Waals surface area contributed by atoms with E-state index in [1.807, 2.05) is 31.2 Å². The summed E-state index contributed by atoms with van der Waals surface area (Å²) in [6.45, 7) is 2.84. The molecule has 0 spiro atoms. The fourth-order valence-corrected chi connectivity index (χ4v) is 4.34. The van der Waals surface area contributed by atoms with Crippen molar-refractivity contribution in [2.24, 2.45) is 0 Å². The first-order valence-electron chi connectivity index (χ1n) is 8.65. The Labute approximate surface area is 161 Å². The molecule has 2 aromatic carbocycles. The van der Waals surface area contributed by atoms with Gasteiger partial charge in [-0.3, -0.25) is 9.36 Å². The molecule has 2 heterocycles. The first-order valence-corrected chi connectivity index (χ1v) is 10.0. The Hall–Kier alpha value is -1.82. The summed E-state index contributed by atoms with van der Waals surface area (Å²) in [4.78, 5) is 17.9. The van der Waals surface area contributed by atoms with Gasteiger partial charge in [0.15, 0.2) is 5.16 Å². The molecule has 4 rings (SSSR count). The highest BCUT2D eigenvalue weighted by atomic mass is 35.5. The van der Waals surface area contributed by atoms with Crippen molar-refractivity contribution in [1.29, 1.82) is 0 Å². The molecule has 0 amide bonds. The van der Waals surface area contributed by atoms with Crippen LogP contribution in [0.4, 0.5) is 0 Å². The van der Waals surface area contributed by atoms with Gasteiger partial charge in [-0.2, -0.15) is 0 Å². The maximum Gasteiger partial charge on any atom is 0.266 e. The predicted molar refractivity (Wildman–Crippen MR) is 107 cm³/mol. The summed E-state index contributed by atoms with van der Waals surface area (Å²) in [7, 11) is 0. The lowest BCUT2D eigenvalue weighted by Gasteiger charge is -2.15. The summed E-state index contributed by atoms with van der Waals surface area (Å²) in [6, 6.07) is 13.1. The Balaban J connectivity index is 1.83. The average molecular weight is 387 g/mol.